The number of carbonyl (C=O) groups excluding carboxylic acids is 2. The van der Waals surface area contributed by atoms with Crippen molar-refractivity contribution in [1.82, 2.24) is 5.32 Å². The Bertz CT molecular complexity index is 318. The molecule has 6 nitrogen and oxygen atoms in total. The van der Waals surface area contributed by atoms with E-state index in [-0.39, 0.29) is 0 Å². The molecule has 0 aliphatic heterocycles. The van der Waals surface area contributed by atoms with Crippen LogP contribution in [0.1, 0.15) is 40.0 Å². The molecule has 0 aromatic heterocycles. The number of amides is 2. The fraction of sp³-hybridized carbons (Fsp3) is 0.818. The third-order valence-electron chi connectivity index (χ3n) is 2.79. The van der Waals surface area contributed by atoms with Crippen LogP contribution in [0.25, 0.3) is 0 Å². The Labute approximate surface area is 101 Å². The molecule has 98 valence electrons. The van der Waals surface area contributed by atoms with Gasteiger partial charge in [0.05, 0.1) is 5.54 Å². The maximum Gasteiger partial charge on any atom is 0.408 e. The van der Waals surface area contributed by atoms with E-state index in [1.807, 2.05) is 0 Å². The molecule has 2 amide bonds. The van der Waals surface area contributed by atoms with Gasteiger partial charge in [-0.1, -0.05) is 0 Å². The Kier molecular flexibility index (Phi) is 3.66. The SMILES string of the molecule is CC(C)(C)OC(=O)NC1(C(O)C(N)=O)CCC1. The minimum Gasteiger partial charge on any atom is -0.444 e. The van der Waals surface area contributed by atoms with Crippen molar-refractivity contribution in [2.45, 2.75) is 57.3 Å². The molecular weight excluding hydrogens is 224 g/mol. The molecule has 17 heavy (non-hydrogen) atoms. The van der Waals surface area contributed by atoms with Gasteiger partial charge in [0.2, 0.25) is 5.91 Å². The van der Waals surface area contributed by atoms with Crippen LogP contribution in [-0.4, -0.2) is 34.4 Å². The largest absolute Gasteiger partial charge is 0.444 e. The topological polar surface area (TPSA) is 102 Å². The number of carbonyl (C=O) groups is 2. The smallest absolute Gasteiger partial charge is 0.408 e. The summed E-state index contributed by atoms with van der Waals surface area (Å²) in [5, 5.41) is 12.3. The third-order valence-corrected chi connectivity index (χ3v) is 2.79. The van der Waals surface area contributed by atoms with E-state index < -0.39 is 29.2 Å². The second-order valence-electron chi connectivity index (χ2n) is 5.44. The summed E-state index contributed by atoms with van der Waals surface area (Å²) >= 11 is 0. The Morgan fingerprint density at radius 2 is 1.94 bits per heavy atom. The molecule has 1 unspecified atom stereocenters. The normalized spacial score (nSPS) is 20.0. The first-order chi connectivity index (χ1) is 7.66. The maximum atomic E-state index is 11.6. The molecule has 1 aliphatic rings. The average Bonchev–Trinajstić information content (AvgIpc) is 2.07. The van der Waals surface area contributed by atoms with Crippen LogP contribution in [-0.2, 0) is 9.53 Å². The number of hydrogen-bond donors (Lipinski definition) is 3. The first kappa shape index (κ1) is 13.8. The molecule has 1 aliphatic carbocycles. The summed E-state index contributed by atoms with van der Waals surface area (Å²) in [5.74, 6) is -0.833. The lowest BCUT2D eigenvalue weighted by molar-refractivity contribution is -0.133. The molecule has 6 heteroatoms. The molecule has 1 rings (SSSR count). The van der Waals surface area contributed by atoms with Gasteiger partial charge in [-0.05, 0) is 40.0 Å². The highest BCUT2D eigenvalue weighted by molar-refractivity contribution is 5.82. The Balaban J connectivity index is 2.64. The average molecular weight is 244 g/mol. The van der Waals surface area contributed by atoms with Crippen LogP contribution >= 0.6 is 0 Å². The van der Waals surface area contributed by atoms with Gasteiger partial charge in [-0.3, -0.25) is 4.79 Å². The molecule has 0 aromatic carbocycles. The van der Waals surface area contributed by atoms with Crippen molar-refractivity contribution < 1.29 is 19.4 Å². The quantitative estimate of drug-likeness (QED) is 0.663. The predicted octanol–water partition coefficient (Wildman–Crippen LogP) is 0.280. The molecule has 0 saturated heterocycles. The number of rotatable bonds is 3. The highest BCUT2D eigenvalue weighted by Crippen LogP contribution is 2.35. The molecule has 0 aromatic rings. The molecule has 0 bridgehead atoms. The highest BCUT2D eigenvalue weighted by atomic mass is 16.6. The van der Waals surface area contributed by atoms with Crippen molar-refractivity contribution in [3.63, 3.8) is 0 Å². The van der Waals surface area contributed by atoms with E-state index in [1.165, 1.54) is 0 Å². The molecule has 0 radical (unpaired) electrons. The van der Waals surface area contributed by atoms with Crippen molar-refractivity contribution in [2.24, 2.45) is 5.73 Å². The first-order valence-corrected chi connectivity index (χ1v) is 5.65. The number of hydrogen-bond acceptors (Lipinski definition) is 4. The lowest BCUT2D eigenvalue weighted by Crippen LogP contribution is -2.64. The molecule has 4 N–H and O–H groups in total. The zero-order valence-corrected chi connectivity index (χ0v) is 10.4. The second-order valence-corrected chi connectivity index (χ2v) is 5.44. The molecule has 1 fully saturated rings. The lowest BCUT2D eigenvalue weighted by atomic mass is 9.72. The van der Waals surface area contributed by atoms with E-state index in [9.17, 15) is 14.7 Å². The number of aliphatic hydroxyl groups excluding tert-OH is 1. The summed E-state index contributed by atoms with van der Waals surface area (Å²) in [5.41, 5.74) is 3.48. The Morgan fingerprint density at radius 3 is 2.24 bits per heavy atom. The Morgan fingerprint density at radius 1 is 1.41 bits per heavy atom. The fourth-order valence-corrected chi connectivity index (χ4v) is 1.80. The molecular formula is C11H20N2O4. The summed E-state index contributed by atoms with van der Waals surface area (Å²) in [7, 11) is 0. The number of primary amides is 1. The molecule has 1 saturated carbocycles. The summed E-state index contributed by atoms with van der Waals surface area (Å²) in [6.45, 7) is 5.22. The number of nitrogens with two attached hydrogens (primary N) is 1. The molecule has 0 spiro atoms. The van der Waals surface area contributed by atoms with Crippen LogP contribution in [0.15, 0.2) is 0 Å². The van der Waals surface area contributed by atoms with Crippen LogP contribution in [0, 0.1) is 0 Å². The summed E-state index contributed by atoms with van der Waals surface area (Å²) < 4.78 is 5.09. The maximum absolute atomic E-state index is 11.6. The van der Waals surface area contributed by atoms with Crippen LogP contribution in [0.4, 0.5) is 4.79 Å². The minimum absolute atomic E-state index is 0.524. The Hall–Kier alpha value is -1.30. The number of ether oxygens (including phenoxy) is 1. The zero-order valence-electron chi connectivity index (χ0n) is 10.4. The third kappa shape index (κ3) is 3.33. The monoisotopic (exact) mass is 244 g/mol. The fourth-order valence-electron chi connectivity index (χ4n) is 1.80. The van der Waals surface area contributed by atoms with Crippen LogP contribution in [0.5, 0.6) is 0 Å². The van der Waals surface area contributed by atoms with E-state index >= 15 is 0 Å². The number of alkyl carbamates (subject to hydrolysis) is 1. The van der Waals surface area contributed by atoms with E-state index in [0.717, 1.165) is 6.42 Å². The van der Waals surface area contributed by atoms with Crippen LogP contribution < -0.4 is 11.1 Å². The summed E-state index contributed by atoms with van der Waals surface area (Å²) in [4.78, 5) is 22.6. The van der Waals surface area contributed by atoms with Gasteiger partial charge in [-0.2, -0.15) is 0 Å². The second kappa shape index (κ2) is 4.52. The van der Waals surface area contributed by atoms with Crippen molar-refractivity contribution in [2.75, 3.05) is 0 Å². The van der Waals surface area contributed by atoms with Gasteiger partial charge in [0, 0.05) is 0 Å². The van der Waals surface area contributed by atoms with Crippen LogP contribution in [0.3, 0.4) is 0 Å². The van der Waals surface area contributed by atoms with Gasteiger partial charge in [0.1, 0.15) is 5.60 Å². The molecule has 1 atom stereocenters. The van der Waals surface area contributed by atoms with E-state index in [1.54, 1.807) is 20.8 Å². The lowest BCUT2D eigenvalue weighted by Gasteiger charge is -2.44. The van der Waals surface area contributed by atoms with Crippen molar-refractivity contribution in [3.05, 3.63) is 0 Å². The zero-order chi connectivity index (χ0) is 13.3. The van der Waals surface area contributed by atoms with Crippen molar-refractivity contribution in [3.8, 4) is 0 Å². The van der Waals surface area contributed by atoms with Gasteiger partial charge < -0.3 is 20.9 Å². The summed E-state index contributed by atoms with van der Waals surface area (Å²) in [6.07, 6.45) is -0.131. The standard InChI is InChI=1S/C11H20N2O4/c1-10(2,3)17-9(16)13-11(5-4-6-11)7(14)8(12)15/h7,14H,4-6H2,1-3H3,(H2,12,15)(H,13,16). The van der Waals surface area contributed by atoms with E-state index in [2.05, 4.69) is 5.32 Å². The minimum atomic E-state index is -1.37. The predicted molar refractivity (Wildman–Crippen MR) is 61.2 cm³/mol. The van der Waals surface area contributed by atoms with Gasteiger partial charge >= 0.3 is 6.09 Å². The van der Waals surface area contributed by atoms with Crippen molar-refractivity contribution in [1.29, 1.82) is 0 Å². The number of nitrogens with one attached hydrogen (secondary N) is 1. The van der Waals surface area contributed by atoms with Gasteiger partial charge in [-0.25, -0.2) is 4.79 Å². The van der Waals surface area contributed by atoms with Gasteiger partial charge in [0.15, 0.2) is 6.10 Å². The molecule has 0 heterocycles. The van der Waals surface area contributed by atoms with Crippen molar-refractivity contribution >= 4 is 12.0 Å². The van der Waals surface area contributed by atoms with Gasteiger partial charge in [0.25, 0.3) is 0 Å². The first-order valence-electron chi connectivity index (χ1n) is 5.65. The summed E-state index contributed by atoms with van der Waals surface area (Å²) in [6, 6.07) is 0. The van der Waals surface area contributed by atoms with E-state index in [0.29, 0.717) is 12.8 Å². The van der Waals surface area contributed by atoms with Gasteiger partial charge in [-0.15, -0.1) is 0 Å². The van der Waals surface area contributed by atoms with Crippen LogP contribution in [0.2, 0.25) is 0 Å². The van der Waals surface area contributed by atoms with E-state index in [4.69, 9.17) is 10.5 Å². The number of aliphatic hydroxyl groups is 1. The highest BCUT2D eigenvalue weighted by Gasteiger charge is 2.48.